The van der Waals surface area contributed by atoms with E-state index in [0.29, 0.717) is 5.54 Å². The maximum Gasteiger partial charge on any atom is 0.0659 e. The highest BCUT2D eigenvalue weighted by Gasteiger charge is 2.34. The topological polar surface area (TPSA) is 41.7 Å². The van der Waals surface area contributed by atoms with Crippen molar-refractivity contribution < 1.29 is 4.74 Å². The zero-order valence-corrected chi connectivity index (χ0v) is 11.5. The van der Waals surface area contributed by atoms with Crippen LogP contribution >= 0.6 is 0 Å². The van der Waals surface area contributed by atoms with Crippen molar-refractivity contribution in [2.24, 2.45) is 5.73 Å². The van der Waals surface area contributed by atoms with Crippen molar-refractivity contribution in [3.05, 3.63) is 0 Å². The minimum Gasteiger partial charge on any atom is -0.379 e. The van der Waals surface area contributed by atoms with Crippen molar-refractivity contribution in [2.75, 3.05) is 45.9 Å². The second-order valence-electron chi connectivity index (χ2n) is 6.60. The molecule has 0 spiro atoms. The largest absolute Gasteiger partial charge is 0.379 e. The molecule has 2 aliphatic heterocycles. The van der Waals surface area contributed by atoms with Crippen LogP contribution in [0.1, 0.15) is 27.2 Å². The fraction of sp³-hybridized carbons (Fsp3) is 1.00. The van der Waals surface area contributed by atoms with Crippen LogP contribution in [0.15, 0.2) is 0 Å². The van der Waals surface area contributed by atoms with Crippen LogP contribution in [0.5, 0.6) is 0 Å². The summed E-state index contributed by atoms with van der Waals surface area (Å²) in [4.78, 5) is 5.05. The fourth-order valence-corrected chi connectivity index (χ4v) is 2.77. The summed E-state index contributed by atoms with van der Waals surface area (Å²) in [6, 6.07) is 0. The van der Waals surface area contributed by atoms with Gasteiger partial charge >= 0.3 is 0 Å². The summed E-state index contributed by atoms with van der Waals surface area (Å²) in [5.41, 5.74) is 6.53. The fourth-order valence-electron chi connectivity index (χ4n) is 2.77. The van der Waals surface area contributed by atoms with E-state index < -0.39 is 0 Å². The molecule has 2 aliphatic rings. The molecule has 1 unspecified atom stereocenters. The van der Waals surface area contributed by atoms with Crippen LogP contribution in [0.25, 0.3) is 0 Å². The molecule has 2 N–H and O–H groups in total. The third kappa shape index (κ3) is 3.41. The predicted molar refractivity (Wildman–Crippen MR) is 70.1 cm³/mol. The molecule has 2 fully saturated rings. The van der Waals surface area contributed by atoms with Crippen molar-refractivity contribution in [1.29, 1.82) is 0 Å². The molecule has 1 atom stereocenters. The molecule has 0 amide bonds. The van der Waals surface area contributed by atoms with Gasteiger partial charge in [0.15, 0.2) is 0 Å². The van der Waals surface area contributed by atoms with E-state index in [2.05, 4.69) is 30.6 Å². The molecule has 2 saturated heterocycles. The van der Waals surface area contributed by atoms with Gasteiger partial charge in [0.2, 0.25) is 0 Å². The van der Waals surface area contributed by atoms with Gasteiger partial charge in [0, 0.05) is 44.9 Å². The highest BCUT2D eigenvalue weighted by Crippen LogP contribution is 2.20. The summed E-state index contributed by atoms with van der Waals surface area (Å²) in [6.45, 7) is 14.0. The van der Waals surface area contributed by atoms with Gasteiger partial charge in [-0.15, -0.1) is 0 Å². The number of hydrogen-bond acceptors (Lipinski definition) is 4. The monoisotopic (exact) mass is 241 g/mol. The number of ether oxygens (including phenoxy) is 1. The number of nitrogens with two attached hydrogens (primary N) is 1. The van der Waals surface area contributed by atoms with Crippen LogP contribution in [0, 0.1) is 0 Å². The highest BCUT2D eigenvalue weighted by atomic mass is 16.5. The van der Waals surface area contributed by atoms with E-state index in [1.165, 1.54) is 0 Å². The van der Waals surface area contributed by atoms with Gasteiger partial charge in [-0.25, -0.2) is 0 Å². The van der Waals surface area contributed by atoms with E-state index in [0.717, 1.165) is 52.4 Å². The van der Waals surface area contributed by atoms with Gasteiger partial charge in [-0.2, -0.15) is 0 Å². The Morgan fingerprint density at radius 1 is 1.18 bits per heavy atom. The summed E-state index contributed by atoms with van der Waals surface area (Å²) in [7, 11) is 0. The normalized spacial score (nSPS) is 33.2. The van der Waals surface area contributed by atoms with Crippen molar-refractivity contribution in [3.8, 4) is 0 Å². The molecule has 0 aromatic carbocycles. The van der Waals surface area contributed by atoms with Crippen molar-refractivity contribution in [2.45, 2.75) is 38.3 Å². The van der Waals surface area contributed by atoms with Crippen LogP contribution in [0.2, 0.25) is 0 Å². The summed E-state index contributed by atoms with van der Waals surface area (Å²) in [6.07, 6.45) is 1.01. The third-order valence-electron chi connectivity index (χ3n) is 3.99. The van der Waals surface area contributed by atoms with E-state index in [1.807, 2.05) is 0 Å². The van der Waals surface area contributed by atoms with E-state index in [9.17, 15) is 0 Å². The molecule has 4 nitrogen and oxygen atoms in total. The van der Waals surface area contributed by atoms with Crippen LogP contribution in [-0.4, -0.2) is 66.8 Å². The quantitative estimate of drug-likeness (QED) is 0.765. The summed E-state index contributed by atoms with van der Waals surface area (Å²) in [5, 5.41) is 0. The van der Waals surface area contributed by atoms with Crippen LogP contribution in [-0.2, 0) is 4.74 Å². The molecular weight excluding hydrogens is 214 g/mol. The summed E-state index contributed by atoms with van der Waals surface area (Å²) >= 11 is 0. The van der Waals surface area contributed by atoms with E-state index in [4.69, 9.17) is 10.5 Å². The Balaban J connectivity index is 1.79. The average Bonchev–Trinajstić information content (AvgIpc) is 2.64. The van der Waals surface area contributed by atoms with E-state index >= 15 is 0 Å². The first-order valence-corrected chi connectivity index (χ1v) is 6.73. The molecule has 17 heavy (non-hydrogen) atoms. The average molecular weight is 241 g/mol. The molecule has 0 saturated carbocycles. The molecule has 0 bridgehead atoms. The Bertz CT molecular complexity index is 248. The van der Waals surface area contributed by atoms with Crippen LogP contribution < -0.4 is 5.73 Å². The van der Waals surface area contributed by atoms with E-state index in [1.54, 1.807) is 0 Å². The number of hydrogen-bond donors (Lipinski definition) is 1. The Morgan fingerprint density at radius 2 is 1.82 bits per heavy atom. The van der Waals surface area contributed by atoms with Gasteiger partial charge in [0.05, 0.1) is 12.1 Å². The molecule has 2 heterocycles. The van der Waals surface area contributed by atoms with Gasteiger partial charge in [-0.3, -0.25) is 9.80 Å². The zero-order valence-electron chi connectivity index (χ0n) is 11.5. The SMILES string of the molecule is CC(C)(C)N1CCN(CC2(N)CCOC2)CC1. The lowest BCUT2D eigenvalue weighted by atomic mass is 9.98. The lowest BCUT2D eigenvalue weighted by Crippen LogP contribution is -2.58. The molecule has 0 radical (unpaired) electrons. The molecule has 0 aliphatic carbocycles. The molecule has 0 aromatic rings. The zero-order chi connectivity index (χ0) is 12.5. The van der Waals surface area contributed by atoms with Crippen molar-refractivity contribution in [1.82, 2.24) is 9.80 Å². The lowest BCUT2D eigenvalue weighted by molar-refractivity contribution is 0.0500. The van der Waals surface area contributed by atoms with Crippen molar-refractivity contribution >= 4 is 0 Å². The minimum atomic E-state index is -0.0934. The Kier molecular flexibility index (Phi) is 3.78. The number of piperazine rings is 1. The lowest BCUT2D eigenvalue weighted by Gasteiger charge is -2.43. The summed E-state index contributed by atoms with van der Waals surface area (Å²) < 4.78 is 5.41. The van der Waals surface area contributed by atoms with Gasteiger partial charge in [0.25, 0.3) is 0 Å². The first kappa shape index (κ1) is 13.3. The second kappa shape index (κ2) is 4.84. The van der Waals surface area contributed by atoms with Crippen molar-refractivity contribution in [3.63, 3.8) is 0 Å². The van der Waals surface area contributed by atoms with Gasteiger partial charge in [-0.05, 0) is 27.2 Å². The van der Waals surface area contributed by atoms with Crippen LogP contribution in [0.4, 0.5) is 0 Å². The van der Waals surface area contributed by atoms with Gasteiger partial charge in [-0.1, -0.05) is 0 Å². The first-order chi connectivity index (χ1) is 7.89. The molecule has 0 aromatic heterocycles. The molecule has 100 valence electrons. The standard InChI is InChI=1S/C13H27N3O/c1-12(2,3)16-7-5-15(6-8-16)10-13(14)4-9-17-11-13/h4-11,14H2,1-3H3. The maximum atomic E-state index is 6.33. The molecule has 4 heteroatoms. The van der Waals surface area contributed by atoms with Gasteiger partial charge < -0.3 is 10.5 Å². The third-order valence-corrected chi connectivity index (χ3v) is 3.99. The van der Waals surface area contributed by atoms with Gasteiger partial charge in [0.1, 0.15) is 0 Å². The maximum absolute atomic E-state index is 6.33. The summed E-state index contributed by atoms with van der Waals surface area (Å²) in [5.74, 6) is 0. The Hall–Kier alpha value is -0.160. The Labute approximate surface area is 105 Å². The molecule has 2 rings (SSSR count). The highest BCUT2D eigenvalue weighted by molar-refractivity contribution is 4.93. The smallest absolute Gasteiger partial charge is 0.0659 e. The predicted octanol–water partition coefficient (Wildman–Crippen LogP) is 0.520. The van der Waals surface area contributed by atoms with E-state index in [-0.39, 0.29) is 5.54 Å². The van der Waals surface area contributed by atoms with Crippen LogP contribution in [0.3, 0.4) is 0 Å². The minimum absolute atomic E-state index is 0.0934. The Morgan fingerprint density at radius 3 is 2.29 bits per heavy atom. The first-order valence-electron chi connectivity index (χ1n) is 6.73. The second-order valence-corrected chi connectivity index (χ2v) is 6.60. The molecular formula is C13H27N3O. The number of nitrogens with zero attached hydrogens (tertiary/aromatic N) is 2. The number of rotatable bonds is 2.